The van der Waals surface area contributed by atoms with E-state index >= 15 is 0 Å². The minimum atomic E-state index is -0.339. The number of fused-ring (bicyclic) bond motifs is 4. The van der Waals surface area contributed by atoms with Crippen LogP contribution in [0.2, 0.25) is 0 Å². The van der Waals surface area contributed by atoms with Gasteiger partial charge >= 0.3 is 0 Å². The molecule has 0 fully saturated rings. The van der Waals surface area contributed by atoms with E-state index in [0.29, 0.717) is 34.8 Å². The zero-order chi connectivity index (χ0) is 34.4. The SMILES string of the molecule is COCCCOCCCCCCn1c2ccccc2c(=O)c2cc3c(cc21)c(=O)c1ccccc1n3CCCCCCOCCOP(C)C. The van der Waals surface area contributed by atoms with Crippen LogP contribution < -0.4 is 10.9 Å². The van der Waals surface area contributed by atoms with Crippen LogP contribution >= 0.6 is 8.15 Å². The molecule has 0 aliphatic rings. The van der Waals surface area contributed by atoms with Gasteiger partial charge in [0.1, 0.15) is 0 Å². The van der Waals surface area contributed by atoms with E-state index in [0.717, 1.165) is 119 Å². The highest BCUT2D eigenvalue weighted by molar-refractivity contribution is 7.50. The topological polar surface area (TPSA) is 80.9 Å². The van der Waals surface area contributed by atoms with E-state index < -0.39 is 0 Å². The molecule has 0 atom stereocenters. The third kappa shape index (κ3) is 9.77. The second-order valence-electron chi connectivity index (χ2n) is 12.9. The van der Waals surface area contributed by atoms with Crippen molar-refractivity contribution in [2.45, 2.75) is 70.9 Å². The summed E-state index contributed by atoms with van der Waals surface area (Å²) in [4.78, 5) is 28.0. The molecule has 0 radical (unpaired) electrons. The zero-order valence-electron chi connectivity index (χ0n) is 29.6. The number of hydrogen-bond donors (Lipinski definition) is 0. The fourth-order valence-corrected chi connectivity index (χ4v) is 7.10. The van der Waals surface area contributed by atoms with Gasteiger partial charge in [-0.25, -0.2) is 0 Å². The van der Waals surface area contributed by atoms with Crippen LogP contribution in [-0.2, 0) is 31.8 Å². The third-order valence-corrected chi connectivity index (χ3v) is 9.82. The quantitative estimate of drug-likeness (QED) is 0.0412. The van der Waals surface area contributed by atoms with Gasteiger partial charge in [0.25, 0.3) is 0 Å². The molecule has 2 heterocycles. The molecule has 0 amide bonds. The number of aryl methyl sites for hydroxylation is 2. The van der Waals surface area contributed by atoms with Gasteiger partial charge in [-0.1, -0.05) is 49.9 Å². The van der Waals surface area contributed by atoms with Crippen LogP contribution in [-0.4, -0.2) is 69.2 Å². The summed E-state index contributed by atoms with van der Waals surface area (Å²) >= 11 is 0. The van der Waals surface area contributed by atoms with Crippen LogP contribution in [0.3, 0.4) is 0 Å². The fourth-order valence-electron chi connectivity index (χ4n) is 6.66. The molecule has 0 saturated heterocycles. The lowest BCUT2D eigenvalue weighted by atomic mass is 10.0. The summed E-state index contributed by atoms with van der Waals surface area (Å²) in [6, 6.07) is 19.7. The first kappa shape index (κ1) is 37.1. The third-order valence-electron chi connectivity index (χ3n) is 9.12. The van der Waals surface area contributed by atoms with Crippen molar-refractivity contribution >= 4 is 51.8 Å². The predicted octanol–water partition coefficient (Wildman–Crippen LogP) is 8.49. The summed E-state index contributed by atoms with van der Waals surface area (Å²) in [6.45, 7) is 10.0. The molecule has 49 heavy (non-hydrogen) atoms. The highest BCUT2D eigenvalue weighted by Crippen LogP contribution is 2.28. The average Bonchev–Trinajstić information content (AvgIpc) is 3.11. The Morgan fingerprint density at radius 1 is 0.510 bits per heavy atom. The Labute approximate surface area is 291 Å². The predicted molar refractivity (Wildman–Crippen MR) is 205 cm³/mol. The molecule has 0 spiro atoms. The molecule has 5 rings (SSSR count). The highest BCUT2D eigenvalue weighted by atomic mass is 31.1. The van der Waals surface area contributed by atoms with Gasteiger partial charge in [-0.3, -0.25) is 9.59 Å². The van der Waals surface area contributed by atoms with E-state index in [1.807, 2.05) is 60.7 Å². The van der Waals surface area contributed by atoms with Gasteiger partial charge in [0.15, 0.2) is 10.9 Å². The van der Waals surface area contributed by atoms with Crippen molar-refractivity contribution in [3.63, 3.8) is 0 Å². The van der Waals surface area contributed by atoms with Gasteiger partial charge in [0, 0.05) is 76.3 Å². The first-order valence-electron chi connectivity index (χ1n) is 18.0. The summed E-state index contributed by atoms with van der Waals surface area (Å²) in [7, 11) is 1.37. The Kier molecular flexibility index (Phi) is 14.6. The van der Waals surface area contributed by atoms with Crippen molar-refractivity contribution in [2.75, 3.05) is 60.1 Å². The van der Waals surface area contributed by atoms with E-state index in [-0.39, 0.29) is 19.0 Å². The number of pyridine rings is 2. The van der Waals surface area contributed by atoms with E-state index in [2.05, 4.69) is 22.5 Å². The monoisotopic (exact) mass is 688 g/mol. The Balaban J connectivity index is 1.36. The molecule has 3 aromatic carbocycles. The molecule has 0 bridgehead atoms. The molecule has 0 N–H and O–H groups in total. The summed E-state index contributed by atoms with van der Waals surface area (Å²) in [5.74, 6) is 0. The number of para-hydroxylation sites is 2. The number of unbranched alkanes of at least 4 members (excludes halogenated alkanes) is 6. The zero-order valence-corrected chi connectivity index (χ0v) is 30.5. The van der Waals surface area contributed by atoms with Crippen LogP contribution in [0, 0.1) is 0 Å². The van der Waals surface area contributed by atoms with Gasteiger partial charge in [-0.2, -0.15) is 0 Å². The summed E-state index contributed by atoms with van der Waals surface area (Å²) < 4.78 is 26.7. The number of ether oxygens (including phenoxy) is 3. The number of aromatic nitrogens is 2. The lowest BCUT2D eigenvalue weighted by Crippen LogP contribution is -2.16. The summed E-state index contributed by atoms with van der Waals surface area (Å²) in [5, 5.41) is 2.76. The number of methoxy groups -OCH3 is 1. The van der Waals surface area contributed by atoms with Gasteiger partial charge in [0.2, 0.25) is 0 Å². The number of rotatable bonds is 22. The summed E-state index contributed by atoms with van der Waals surface area (Å²) in [5.41, 5.74) is 3.52. The molecule has 0 aliphatic carbocycles. The van der Waals surface area contributed by atoms with Crippen molar-refractivity contribution in [2.24, 2.45) is 0 Å². The van der Waals surface area contributed by atoms with Gasteiger partial charge in [0.05, 0.1) is 35.3 Å². The normalized spacial score (nSPS) is 12.0. The van der Waals surface area contributed by atoms with Gasteiger partial charge < -0.3 is 27.9 Å². The Morgan fingerprint density at radius 2 is 0.980 bits per heavy atom. The van der Waals surface area contributed by atoms with Crippen LogP contribution in [0.5, 0.6) is 0 Å². The van der Waals surface area contributed by atoms with E-state index in [1.54, 1.807) is 7.11 Å². The lowest BCUT2D eigenvalue weighted by Gasteiger charge is -2.19. The van der Waals surface area contributed by atoms with Gasteiger partial charge in [-0.15, -0.1) is 0 Å². The van der Waals surface area contributed by atoms with Gasteiger partial charge in [-0.05, 0) is 81.8 Å². The average molecular weight is 689 g/mol. The molecular weight excluding hydrogens is 635 g/mol. The smallest absolute Gasteiger partial charge is 0.197 e. The molecule has 5 aromatic rings. The number of nitrogens with zero attached hydrogens (tertiary/aromatic N) is 2. The molecule has 9 heteroatoms. The standard InChI is InChI=1S/C40H53N2O6P/c1-45-23-16-26-46-24-14-6-4-12-21-41-35-19-10-8-17-31(35)39(43)33-30-38-34(29-37(33)41)40(44)32-18-9-11-20-36(32)42(38)22-13-5-7-15-25-47-27-28-48-49(2)3/h8-11,17-20,29-30H,4-7,12-16,21-28H2,1-3H3. The Hall–Kier alpha value is -3.13. The second-order valence-corrected chi connectivity index (χ2v) is 14.8. The first-order valence-corrected chi connectivity index (χ1v) is 20.1. The van der Waals surface area contributed by atoms with Crippen molar-refractivity contribution in [1.29, 1.82) is 0 Å². The molecule has 2 aromatic heterocycles. The molecule has 0 unspecified atom stereocenters. The molecule has 0 saturated carbocycles. The van der Waals surface area contributed by atoms with Crippen LogP contribution in [0.15, 0.2) is 70.3 Å². The van der Waals surface area contributed by atoms with E-state index in [1.165, 1.54) is 0 Å². The highest BCUT2D eigenvalue weighted by Gasteiger charge is 2.17. The maximum atomic E-state index is 14.0. The van der Waals surface area contributed by atoms with Crippen molar-refractivity contribution in [1.82, 2.24) is 9.13 Å². The molecular formula is C40H53N2O6P. The van der Waals surface area contributed by atoms with E-state index in [9.17, 15) is 9.59 Å². The molecule has 0 aliphatic heterocycles. The second kappa shape index (κ2) is 19.3. The van der Waals surface area contributed by atoms with Crippen LogP contribution in [0.1, 0.15) is 57.8 Å². The Morgan fingerprint density at radius 3 is 1.49 bits per heavy atom. The van der Waals surface area contributed by atoms with Crippen molar-refractivity contribution < 1.29 is 18.7 Å². The van der Waals surface area contributed by atoms with E-state index in [4.69, 9.17) is 18.7 Å². The van der Waals surface area contributed by atoms with Crippen molar-refractivity contribution in [3.8, 4) is 0 Å². The molecule has 8 nitrogen and oxygen atoms in total. The van der Waals surface area contributed by atoms with Crippen LogP contribution in [0.25, 0.3) is 43.6 Å². The fraction of sp³-hybridized carbons (Fsp3) is 0.500. The number of benzene rings is 3. The maximum absolute atomic E-state index is 14.0. The van der Waals surface area contributed by atoms with Crippen LogP contribution in [0.4, 0.5) is 0 Å². The lowest BCUT2D eigenvalue weighted by molar-refractivity contribution is 0.100. The number of hydrogen-bond acceptors (Lipinski definition) is 6. The molecule has 264 valence electrons. The summed E-state index contributed by atoms with van der Waals surface area (Å²) in [6.07, 6.45) is 9.19. The van der Waals surface area contributed by atoms with Crippen molar-refractivity contribution in [3.05, 3.63) is 81.1 Å². The Bertz CT molecular complexity index is 1920. The minimum Gasteiger partial charge on any atom is -0.385 e. The minimum absolute atomic E-state index is 0.0150. The largest absolute Gasteiger partial charge is 0.385 e. The first-order chi connectivity index (χ1) is 24.0. The maximum Gasteiger partial charge on any atom is 0.197 e.